The molecule has 29 heavy (non-hydrogen) atoms. The number of carbonyl (C=O) groups excluding carboxylic acids is 2. The maximum atomic E-state index is 11.8. The number of fused-ring (bicyclic) bond motifs is 2. The van der Waals surface area contributed by atoms with Crippen LogP contribution in [-0.2, 0) is 9.59 Å². The molecule has 4 aromatic carbocycles. The number of carbonyl (C=O) groups is 2. The van der Waals surface area contributed by atoms with E-state index in [2.05, 4.69) is 0 Å². The van der Waals surface area contributed by atoms with E-state index in [-0.39, 0.29) is 0 Å². The van der Waals surface area contributed by atoms with Gasteiger partial charge in [-0.2, -0.15) is 0 Å². The van der Waals surface area contributed by atoms with E-state index in [4.69, 9.17) is 9.47 Å². The third-order valence-electron chi connectivity index (χ3n) is 4.37. The molecule has 4 rings (SSSR count). The monoisotopic (exact) mass is 402 g/mol. The molecule has 0 bridgehead atoms. The van der Waals surface area contributed by atoms with E-state index < -0.39 is 11.9 Å². The van der Waals surface area contributed by atoms with Crippen LogP contribution in [0.4, 0.5) is 0 Å². The zero-order valence-corrected chi connectivity index (χ0v) is 16.8. The number of ether oxygens (including phenoxy) is 2. The van der Waals surface area contributed by atoms with Crippen LogP contribution in [0, 0.1) is 0 Å². The van der Waals surface area contributed by atoms with Gasteiger partial charge < -0.3 is 9.47 Å². The summed E-state index contributed by atoms with van der Waals surface area (Å²) in [7, 11) is 0. The largest absolute Gasteiger partial charge is 0.425 e. The van der Waals surface area contributed by atoms with E-state index in [9.17, 15) is 9.59 Å². The predicted molar refractivity (Wildman–Crippen MR) is 115 cm³/mol. The first-order chi connectivity index (χ1) is 14.0. The van der Waals surface area contributed by atoms with E-state index in [1.807, 2.05) is 72.8 Å². The molecule has 0 atom stereocenters. The van der Waals surface area contributed by atoms with Gasteiger partial charge in [0.15, 0.2) is 0 Å². The summed E-state index contributed by atoms with van der Waals surface area (Å²) in [6, 6.07) is 23.3. The smallest absolute Gasteiger partial charge is 0.308 e. The minimum absolute atomic E-state index is 0.403. The summed E-state index contributed by atoms with van der Waals surface area (Å²) in [5, 5.41) is 2.87. The summed E-state index contributed by atoms with van der Waals surface area (Å²) < 4.78 is 11.2. The van der Waals surface area contributed by atoms with Gasteiger partial charge in [0, 0.05) is 45.2 Å². The first-order valence-electron chi connectivity index (χ1n) is 9.11. The van der Waals surface area contributed by atoms with Gasteiger partial charge in [0.25, 0.3) is 0 Å². The third kappa shape index (κ3) is 3.96. The van der Waals surface area contributed by atoms with Crippen LogP contribution in [0.2, 0.25) is 0 Å². The molecule has 0 aromatic heterocycles. The lowest BCUT2D eigenvalue weighted by molar-refractivity contribution is -0.132. The second kappa shape index (κ2) is 7.97. The molecular formula is C24H18O4S. The number of rotatable bonds is 4. The molecule has 0 unspecified atom stereocenters. The SMILES string of the molecule is CC(=O)Oc1c2ccccc2c(OC(C)=O)c2cc(Sc3ccccc3)ccc12. The molecule has 4 nitrogen and oxygen atoms in total. The molecular weight excluding hydrogens is 384 g/mol. The van der Waals surface area contributed by atoms with Crippen LogP contribution >= 0.6 is 11.8 Å². The first kappa shape index (κ1) is 19.0. The highest BCUT2D eigenvalue weighted by Crippen LogP contribution is 2.44. The fourth-order valence-electron chi connectivity index (χ4n) is 3.27. The summed E-state index contributed by atoms with van der Waals surface area (Å²) in [5.74, 6) is 0.127. The highest BCUT2D eigenvalue weighted by Gasteiger charge is 2.19. The molecule has 0 heterocycles. The number of hydrogen-bond donors (Lipinski definition) is 0. The molecule has 0 aliphatic carbocycles. The fraction of sp³-hybridized carbons (Fsp3) is 0.0833. The lowest BCUT2D eigenvalue weighted by Gasteiger charge is -2.16. The van der Waals surface area contributed by atoms with Crippen LogP contribution < -0.4 is 9.47 Å². The Balaban J connectivity index is 1.99. The molecule has 0 spiro atoms. The Bertz CT molecular complexity index is 1230. The van der Waals surface area contributed by atoms with Gasteiger partial charge in [0.1, 0.15) is 11.5 Å². The lowest BCUT2D eigenvalue weighted by atomic mass is 10.0. The van der Waals surface area contributed by atoms with Gasteiger partial charge >= 0.3 is 11.9 Å². The van der Waals surface area contributed by atoms with Crippen molar-refractivity contribution >= 4 is 45.2 Å². The van der Waals surface area contributed by atoms with Crippen molar-refractivity contribution < 1.29 is 19.1 Å². The number of hydrogen-bond acceptors (Lipinski definition) is 5. The van der Waals surface area contributed by atoms with E-state index in [1.54, 1.807) is 11.8 Å². The van der Waals surface area contributed by atoms with Crippen molar-refractivity contribution in [1.29, 1.82) is 0 Å². The molecule has 5 heteroatoms. The first-order valence-corrected chi connectivity index (χ1v) is 9.93. The Morgan fingerprint density at radius 2 is 1.14 bits per heavy atom. The highest BCUT2D eigenvalue weighted by atomic mass is 32.2. The summed E-state index contributed by atoms with van der Waals surface area (Å²) in [6.07, 6.45) is 0. The molecule has 0 aliphatic rings. The fourth-order valence-corrected chi connectivity index (χ4v) is 4.15. The van der Waals surface area contributed by atoms with Crippen LogP contribution in [0.15, 0.2) is 82.6 Å². The average Bonchev–Trinajstić information content (AvgIpc) is 2.70. The molecule has 0 saturated carbocycles. The lowest BCUT2D eigenvalue weighted by Crippen LogP contribution is -2.06. The van der Waals surface area contributed by atoms with Crippen LogP contribution in [0.3, 0.4) is 0 Å². The van der Waals surface area contributed by atoms with Crippen molar-refractivity contribution in [2.24, 2.45) is 0 Å². The van der Waals surface area contributed by atoms with E-state index in [0.717, 1.165) is 20.6 Å². The van der Waals surface area contributed by atoms with Crippen LogP contribution in [0.1, 0.15) is 13.8 Å². The summed E-state index contributed by atoms with van der Waals surface area (Å²) >= 11 is 1.61. The van der Waals surface area contributed by atoms with Gasteiger partial charge in [0.05, 0.1) is 0 Å². The second-order valence-corrected chi connectivity index (χ2v) is 7.66. The highest BCUT2D eigenvalue weighted by molar-refractivity contribution is 7.99. The quantitative estimate of drug-likeness (QED) is 0.238. The normalized spacial score (nSPS) is 10.8. The molecule has 4 aromatic rings. The molecule has 0 saturated heterocycles. The van der Waals surface area contributed by atoms with Crippen molar-refractivity contribution in [2.45, 2.75) is 23.6 Å². The summed E-state index contributed by atoms with van der Waals surface area (Å²) in [6.45, 7) is 2.75. The van der Waals surface area contributed by atoms with Gasteiger partial charge in [-0.05, 0) is 30.3 Å². The summed E-state index contributed by atoms with van der Waals surface area (Å²) in [4.78, 5) is 25.7. The molecule has 0 amide bonds. The molecule has 0 radical (unpaired) electrons. The summed E-state index contributed by atoms with van der Waals surface area (Å²) in [5.41, 5.74) is 0. The zero-order valence-electron chi connectivity index (χ0n) is 16.0. The van der Waals surface area contributed by atoms with E-state index in [1.165, 1.54) is 13.8 Å². The Morgan fingerprint density at radius 3 is 1.72 bits per heavy atom. The Kier molecular flexibility index (Phi) is 5.23. The van der Waals surface area contributed by atoms with Crippen molar-refractivity contribution in [1.82, 2.24) is 0 Å². The van der Waals surface area contributed by atoms with Crippen LogP contribution in [0.25, 0.3) is 21.5 Å². The van der Waals surface area contributed by atoms with Crippen LogP contribution in [0.5, 0.6) is 11.5 Å². The van der Waals surface area contributed by atoms with E-state index in [0.29, 0.717) is 22.3 Å². The standard InChI is InChI=1S/C24H18O4S/c1-15(25)27-23-19-10-6-7-11-20(19)24(28-16(2)26)22-14-18(12-13-21(22)23)29-17-8-4-3-5-9-17/h3-14H,1-2H3. The third-order valence-corrected chi connectivity index (χ3v) is 5.36. The number of esters is 2. The van der Waals surface area contributed by atoms with Crippen LogP contribution in [-0.4, -0.2) is 11.9 Å². The molecule has 0 aliphatic heterocycles. The van der Waals surface area contributed by atoms with E-state index >= 15 is 0 Å². The zero-order chi connectivity index (χ0) is 20.4. The van der Waals surface area contributed by atoms with Gasteiger partial charge in [-0.25, -0.2) is 0 Å². The Morgan fingerprint density at radius 1 is 0.621 bits per heavy atom. The molecule has 144 valence electrons. The predicted octanol–water partition coefficient (Wildman–Crippen LogP) is 5.99. The average molecular weight is 402 g/mol. The Hall–Kier alpha value is -3.31. The van der Waals surface area contributed by atoms with Gasteiger partial charge in [-0.3, -0.25) is 9.59 Å². The van der Waals surface area contributed by atoms with Crippen molar-refractivity contribution in [3.05, 3.63) is 72.8 Å². The maximum Gasteiger partial charge on any atom is 0.308 e. The van der Waals surface area contributed by atoms with Crippen molar-refractivity contribution in [2.75, 3.05) is 0 Å². The minimum Gasteiger partial charge on any atom is -0.425 e. The van der Waals surface area contributed by atoms with Gasteiger partial charge in [-0.15, -0.1) is 0 Å². The molecule has 0 fully saturated rings. The van der Waals surface area contributed by atoms with Gasteiger partial charge in [-0.1, -0.05) is 54.2 Å². The minimum atomic E-state index is -0.405. The van der Waals surface area contributed by atoms with Crippen molar-refractivity contribution in [3.63, 3.8) is 0 Å². The Labute approximate surface area is 172 Å². The number of benzene rings is 4. The van der Waals surface area contributed by atoms with Gasteiger partial charge in [0.2, 0.25) is 0 Å². The topological polar surface area (TPSA) is 52.6 Å². The molecule has 0 N–H and O–H groups in total. The maximum absolute atomic E-state index is 11.8. The second-order valence-electron chi connectivity index (χ2n) is 6.51. The van der Waals surface area contributed by atoms with Crippen molar-refractivity contribution in [3.8, 4) is 11.5 Å².